The van der Waals surface area contributed by atoms with E-state index in [2.05, 4.69) is 0 Å². The third kappa shape index (κ3) is 3.32. The highest BCUT2D eigenvalue weighted by molar-refractivity contribution is 5.85. The van der Waals surface area contributed by atoms with E-state index < -0.39 is 23.7 Å². The highest BCUT2D eigenvalue weighted by atomic mass is 16.3. The molecule has 6 nitrogen and oxygen atoms in total. The second-order valence-electron chi connectivity index (χ2n) is 5.80. The van der Waals surface area contributed by atoms with Crippen LogP contribution in [-0.4, -0.2) is 22.0 Å². The van der Waals surface area contributed by atoms with E-state index in [0.717, 1.165) is 0 Å². The lowest BCUT2D eigenvalue weighted by Crippen LogP contribution is -2.19. The van der Waals surface area contributed by atoms with Crippen LogP contribution >= 0.6 is 0 Å². The van der Waals surface area contributed by atoms with Gasteiger partial charge in [0.2, 0.25) is 11.8 Å². The maximum atomic E-state index is 11.4. The van der Waals surface area contributed by atoms with E-state index in [0.29, 0.717) is 22.3 Å². The SMILES string of the molecule is CC(C(N)=O)c1ccc(O)c(-c2cc(C(C)C(N)=O)ccc2O)c1. The van der Waals surface area contributed by atoms with Gasteiger partial charge in [-0.25, -0.2) is 0 Å². The van der Waals surface area contributed by atoms with Gasteiger partial charge in [0.15, 0.2) is 0 Å². The monoisotopic (exact) mass is 328 g/mol. The van der Waals surface area contributed by atoms with Gasteiger partial charge in [-0.1, -0.05) is 12.1 Å². The number of primary amides is 2. The van der Waals surface area contributed by atoms with Crippen molar-refractivity contribution >= 4 is 11.8 Å². The zero-order chi connectivity index (χ0) is 18.0. The Bertz CT molecular complexity index is 734. The Morgan fingerprint density at radius 3 is 1.42 bits per heavy atom. The first kappa shape index (κ1) is 17.3. The minimum absolute atomic E-state index is 0.0606. The van der Waals surface area contributed by atoms with Gasteiger partial charge >= 0.3 is 0 Å². The molecule has 126 valence electrons. The third-order valence-electron chi connectivity index (χ3n) is 4.18. The number of carbonyl (C=O) groups is 2. The minimum atomic E-state index is -0.542. The van der Waals surface area contributed by atoms with Crippen LogP contribution in [0.15, 0.2) is 36.4 Å². The highest BCUT2D eigenvalue weighted by Crippen LogP contribution is 2.38. The number of phenols is 2. The van der Waals surface area contributed by atoms with Crippen molar-refractivity contribution in [3.05, 3.63) is 47.5 Å². The predicted molar refractivity (Wildman–Crippen MR) is 90.4 cm³/mol. The maximum absolute atomic E-state index is 11.4. The molecular formula is C18H20N2O4. The van der Waals surface area contributed by atoms with E-state index in [1.165, 1.54) is 12.1 Å². The van der Waals surface area contributed by atoms with Crippen molar-refractivity contribution in [1.82, 2.24) is 0 Å². The summed E-state index contributed by atoms with van der Waals surface area (Å²) in [5, 5.41) is 20.3. The molecule has 0 saturated heterocycles. The standard InChI is InChI=1S/C18H20N2O4/c1-9(17(19)23)11-3-5-15(21)13(7-11)14-8-12(4-6-16(14)22)10(2)18(20)24/h3-10,21-22H,1-2H3,(H2,19,23)(H2,20,24). The third-order valence-corrected chi connectivity index (χ3v) is 4.18. The molecule has 24 heavy (non-hydrogen) atoms. The molecule has 2 unspecified atom stereocenters. The number of rotatable bonds is 5. The number of aromatic hydroxyl groups is 2. The quantitative estimate of drug-likeness (QED) is 0.669. The van der Waals surface area contributed by atoms with Gasteiger partial charge < -0.3 is 21.7 Å². The van der Waals surface area contributed by atoms with Crippen molar-refractivity contribution in [3.63, 3.8) is 0 Å². The van der Waals surface area contributed by atoms with E-state index in [1.807, 2.05) is 0 Å². The molecule has 0 bridgehead atoms. The molecular weight excluding hydrogens is 308 g/mol. The molecule has 0 aliphatic rings. The van der Waals surface area contributed by atoms with Crippen molar-refractivity contribution in [2.24, 2.45) is 11.5 Å². The number of benzene rings is 2. The molecule has 0 aliphatic carbocycles. The first-order chi connectivity index (χ1) is 11.2. The van der Waals surface area contributed by atoms with Crippen LogP contribution in [0.3, 0.4) is 0 Å². The highest BCUT2D eigenvalue weighted by Gasteiger charge is 2.18. The fourth-order valence-electron chi connectivity index (χ4n) is 2.41. The lowest BCUT2D eigenvalue weighted by Gasteiger charge is -2.15. The zero-order valence-electron chi connectivity index (χ0n) is 13.5. The molecule has 0 heterocycles. The zero-order valence-corrected chi connectivity index (χ0v) is 13.5. The molecule has 2 aromatic carbocycles. The summed E-state index contributed by atoms with van der Waals surface area (Å²) in [5.74, 6) is -2.19. The van der Waals surface area contributed by atoms with E-state index in [9.17, 15) is 19.8 Å². The molecule has 0 radical (unpaired) electrons. The molecule has 0 aliphatic heterocycles. The van der Waals surface area contributed by atoms with Crippen molar-refractivity contribution in [2.75, 3.05) is 0 Å². The molecule has 0 saturated carbocycles. The van der Waals surface area contributed by atoms with Crippen LogP contribution in [0.5, 0.6) is 11.5 Å². The molecule has 0 spiro atoms. The topological polar surface area (TPSA) is 127 Å². The van der Waals surface area contributed by atoms with E-state index in [4.69, 9.17) is 11.5 Å². The van der Waals surface area contributed by atoms with Crippen molar-refractivity contribution in [2.45, 2.75) is 25.7 Å². The second-order valence-corrected chi connectivity index (χ2v) is 5.80. The van der Waals surface area contributed by atoms with Gasteiger partial charge in [-0.3, -0.25) is 9.59 Å². The van der Waals surface area contributed by atoms with Crippen LogP contribution in [-0.2, 0) is 9.59 Å². The maximum Gasteiger partial charge on any atom is 0.224 e. The lowest BCUT2D eigenvalue weighted by atomic mass is 9.92. The fourth-order valence-corrected chi connectivity index (χ4v) is 2.41. The van der Waals surface area contributed by atoms with Crippen molar-refractivity contribution in [1.29, 1.82) is 0 Å². The molecule has 6 N–H and O–H groups in total. The van der Waals surface area contributed by atoms with Crippen LogP contribution in [0.4, 0.5) is 0 Å². The Balaban J connectivity index is 2.59. The van der Waals surface area contributed by atoms with Gasteiger partial charge in [0.05, 0.1) is 11.8 Å². The molecule has 6 heteroatoms. The van der Waals surface area contributed by atoms with Crippen LogP contribution in [0.25, 0.3) is 11.1 Å². The smallest absolute Gasteiger partial charge is 0.224 e. The van der Waals surface area contributed by atoms with Crippen LogP contribution < -0.4 is 11.5 Å². The number of nitrogens with two attached hydrogens (primary N) is 2. The Morgan fingerprint density at radius 2 is 1.12 bits per heavy atom. The first-order valence-electron chi connectivity index (χ1n) is 7.47. The lowest BCUT2D eigenvalue weighted by molar-refractivity contribution is -0.119. The normalized spacial score (nSPS) is 13.2. The predicted octanol–water partition coefficient (Wildman–Crippen LogP) is 1.94. The fraction of sp³-hybridized carbons (Fsp3) is 0.222. The second kappa shape index (κ2) is 6.62. The number of phenolic OH excluding ortho intramolecular Hbond substituents is 2. The summed E-state index contributed by atoms with van der Waals surface area (Å²) >= 11 is 0. The number of carbonyl (C=O) groups excluding carboxylic acids is 2. The molecule has 0 fully saturated rings. The minimum Gasteiger partial charge on any atom is -0.507 e. The number of hydrogen-bond donors (Lipinski definition) is 4. The van der Waals surface area contributed by atoms with Gasteiger partial charge in [0.25, 0.3) is 0 Å². The average molecular weight is 328 g/mol. The average Bonchev–Trinajstić information content (AvgIpc) is 2.54. The number of amides is 2. The Hall–Kier alpha value is -3.02. The summed E-state index contributed by atoms with van der Waals surface area (Å²) in [5.41, 5.74) is 12.6. The van der Waals surface area contributed by atoms with Crippen LogP contribution in [0.2, 0.25) is 0 Å². The largest absolute Gasteiger partial charge is 0.507 e. The van der Waals surface area contributed by atoms with Crippen molar-refractivity contribution in [3.8, 4) is 22.6 Å². The van der Waals surface area contributed by atoms with E-state index in [-0.39, 0.29) is 11.5 Å². The number of hydrogen-bond acceptors (Lipinski definition) is 4. The Kier molecular flexibility index (Phi) is 4.78. The molecule has 2 amide bonds. The first-order valence-corrected chi connectivity index (χ1v) is 7.47. The summed E-state index contributed by atoms with van der Waals surface area (Å²) in [4.78, 5) is 22.8. The summed E-state index contributed by atoms with van der Waals surface area (Å²) in [6.07, 6.45) is 0. The summed E-state index contributed by atoms with van der Waals surface area (Å²) in [6, 6.07) is 9.26. The van der Waals surface area contributed by atoms with Gasteiger partial charge in [-0.15, -0.1) is 0 Å². The summed E-state index contributed by atoms with van der Waals surface area (Å²) in [6.45, 7) is 3.31. The molecule has 2 aromatic rings. The Labute approximate surface area is 139 Å². The molecule has 0 aromatic heterocycles. The molecule has 2 rings (SSSR count). The van der Waals surface area contributed by atoms with Crippen LogP contribution in [0, 0.1) is 0 Å². The summed E-state index contributed by atoms with van der Waals surface area (Å²) < 4.78 is 0. The van der Waals surface area contributed by atoms with Crippen molar-refractivity contribution < 1.29 is 19.8 Å². The van der Waals surface area contributed by atoms with Gasteiger partial charge in [-0.2, -0.15) is 0 Å². The van der Waals surface area contributed by atoms with Gasteiger partial charge in [0.1, 0.15) is 11.5 Å². The van der Waals surface area contributed by atoms with Gasteiger partial charge in [0, 0.05) is 11.1 Å². The molecule has 2 atom stereocenters. The van der Waals surface area contributed by atoms with Gasteiger partial charge in [-0.05, 0) is 49.2 Å². The Morgan fingerprint density at radius 1 is 0.792 bits per heavy atom. The van der Waals surface area contributed by atoms with Crippen LogP contribution in [0.1, 0.15) is 36.8 Å². The van der Waals surface area contributed by atoms with E-state index >= 15 is 0 Å². The summed E-state index contributed by atoms with van der Waals surface area (Å²) in [7, 11) is 0. The van der Waals surface area contributed by atoms with E-state index in [1.54, 1.807) is 38.1 Å².